The van der Waals surface area contributed by atoms with Crippen molar-refractivity contribution in [3.05, 3.63) is 130 Å². The van der Waals surface area contributed by atoms with Crippen molar-refractivity contribution in [2.24, 2.45) is 11.8 Å². The van der Waals surface area contributed by atoms with Crippen molar-refractivity contribution >= 4 is 5.57 Å². The maximum Gasteiger partial charge on any atom is -0.00215 e. The van der Waals surface area contributed by atoms with Gasteiger partial charge in [0.2, 0.25) is 0 Å². The van der Waals surface area contributed by atoms with Crippen LogP contribution in [-0.2, 0) is 0 Å². The second-order valence-corrected chi connectivity index (χ2v) is 9.87. The zero-order valence-corrected chi connectivity index (χ0v) is 20.6. The van der Waals surface area contributed by atoms with Crippen LogP contribution in [0.15, 0.2) is 102 Å². The van der Waals surface area contributed by atoms with E-state index in [4.69, 9.17) is 0 Å². The molecule has 0 bridgehead atoms. The van der Waals surface area contributed by atoms with E-state index in [0.717, 1.165) is 6.42 Å². The molecule has 0 heterocycles. The molecule has 4 rings (SSSR count). The Balaban J connectivity index is 1.81. The summed E-state index contributed by atoms with van der Waals surface area (Å²) in [6.45, 7) is 18.2. The van der Waals surface area contributed by atoms with E-state index in [9.17, 15) is 0 Å². The number of allylic oxidation sites excluding steroid dienone is 7. The molecule has 0 spiro atoms. The molecule has 3 atom stereocenters. The van der Waals surface area contributed by atoms with Gasteiger partial charge in [-0.25, -0.2) is 0 Å². The van der Waals surface area contributed by atoms with Crippen LogP contribution in [0.4, 0.5) is 0 Å². The number of benzene rings is 2. The van der Waals surface area contributed by atoms with Gasteiger partial charge in [0.1, 0.15) is 0 Å². The second kappa shape index (κ2) is 9.82. The average Bonchev–Trinajstić information content (AvgIpc) is 3.04. The van der Waals surface area contributed by atoms with Gasteiger partial charge >= 0.3 is 0 Å². The topological polar surface area (TPSA) is 0 Å². The molecule has 33 heavy (non-hydrogen) atoms. The minimum atomic E-state index is 0.366. The summed E-state index contributed by atoms with van der Waals surface area (Å²) in [5.74, 6) is 1.14. The molecule has 1 fully saturated rings. The first-order chi connectivity index (χ1) is 15.9. The van der Waals surface area contributed by atoms with Crippen LogP contribution in [0.25, 0.3) is 5.57 Å². The monoisotopic (exact) mass is 432 g/mol. The van der Waals surface area contributed by atoms with Crippen LogP contribution in [0.3, 0.4) is 0 Å². The highest BCUT2D eigenvalue weighted by Gasteiger charge is 2.38. The second-order valence-electron chi connectivity index (χ2n) is 9.87. The van der Waals surface area contributed by atoms with Crippen LogP contribution >= 0.6 is 0 Å². The predicted molar refractivity (Wildman–Crippen MR) is 143 cm³/mol. The van der Waals surface area contributed by atoms with Gasteiger partial charge in [0, 0.05) is 0 Å². The van der Waals surface area contributed by atoms with Gasteiger partial charge in [0.15, 0.2) is 0 Å². The highest BCUT2D eigenvalue weighted by atomic mass is 14.4. The molecule has 2 aliphatic carbocycles. The molecule has 0 aliphatic heterocycles. The molecule has 0 nitrogen and oxygen atoms in total. The quantitative estimate of drug-likeness (QED) is 0.414. The van der Waals surface area contributed by atoms with Crippen molar-refractivity contribution < 1.29 is 0 Å². The first-order valence-corrected chi connectivity index (χ1v) is 12.2. The minimum absolute atomic E-state index is 0.366. The molecule has 2 aromatic rings. The van der Waals surface area contributed by atoms with E-state index in [-0.39, 0.29) is 0 Å². The van der Waals surface area contributed by atoms with E-state index >= 15 is 0 Å². The third-order valence-corrected chi connectivity index (χ3v) is 7.62. The summed E-state index contributed by atoms with van der Waals surface area (Å²) in [4.78, 5) is 0. The minimum Gasteiger partial charge on any atom is -0.120 e. The zero-order valence-electron chi connectivity index (χ0n) is 20.6. The van der Waals surface area contributed by atoms with E-state index in [1.54, 1.807) is 0 Å². The van der Waals surface area contributed by atoms with E-state index in [1.165, 1.54) is 63.0 Å². The Morgan fingerprint density at radius 2 is 1.64 bits per heavy atom. The van der Waals surface area contributed by atoms with Gasteiger partial charge in [0.25, 0.3) is 0 Å². The van der Waals surface area contributed by atoms with Crippen LogP contribution in [0.5, 0.6) is 0 Å². The summed E-state index contributed by atoms with van der Waals surface area (Å²) < 4.78 is 0. The van der Waals surface area contributed by atoms with Gasteiger partial charge in [-0.2, -0.15) is 0 Å². The number of aryl methyl sites for hydroxylation is 2. The summed E-state index contributed by atoms with van der Waals surface area (Å²) >= 11 is 0. The van der Waals surface area contributed by atoms with Crippen molar-refractivity contribution in [3.63, 3.8) is 0 Å². The molecule has 0 aromatic heterocycles. The lowest BCUT2D eigenvalue weighted by atomic mass is 9.62. The summed E-state index contributed by atoms with van der Waals surface area (Å²) in [6, 6.07) is 15.6. The van der Waals surface area contributed by atoms with Gasteiger partial charge < -0.3 is 0 Å². The third-order valence-electron chi connectivity index (χ3n) is 7.62. The van der Waals surface area contributed by atoms with Crippen molar-refractivity contribution in [1.29, 1.82) is 0 Å². The fraction of sp³-hybridized carbons (Fsp3) is 0.303. The first-order valence-electron chi connectivity index (χ1n) is 12.2. The normalized spacial score (nSPS) is 22.4. The predicted octanol–water partition coefficient (Wildman–Crippen LogP) is 8.98. The third kappa shape index (κ3) is 4.82. The maximum atomic E-state index is 4.68. The summed E-state index contributed by atoms with van der Waals surface area (Å²) in [5.41, 5.74) is 15.1. The Labute approximate surface area is 200 Å². The van der Waals surface area contributed by atoms with Crippen molar-refractivity contribution in [1.82, 2.24) is 0 Å². The number of hydrogen-bond acceptors (Lipinski definition) is 0. The maximum absolute atomic E-state index is 4.68. The van der Waals surface area contributed by atoms with E-state index in [1.807, 2.05) is 6.08 Å². The SMILES string of the molecule is C=C(C1=CC(C)=CC=C=C1)C1CCCC(C(=C)c2cccc(C)c2)C1c1cccc(C)c1C. The molecule has 2 aromatic carbocycles. The molecular formula is C33H36. The van der Waals surface area contributed by atoms with E-state index in [0.29, 0.717) is 17.8 Å². The van der Waals surface area contributed by atoms with Crippen LogP contribution in [0.1, 0.15) is 59.9 Å². The Morgan fingerprint density at radius 3 is 2.39 bits per heavy atom. The Hall–Kier alpha value is -3.08. The molecule has 2 aliphatic rings. The zero-order chi connectivity index (χ0) is 23.5. The van der Waals surface area contributed by atoms with Gasteiger partial charge in [-0.05, 0) is 115 Å². The molecule has 0 radical (unpaired) electrons. The van der Waals surface area contributed by atoms with Gasteiger partial charge in [-0.1, -0.05) is 79.8 Å². The Bertz CT molecular complexity index is 1210. The lowest BCUT2D eigenvalue weighted by molar-refractivity contribution is 0.295. The molecule has 168 valence electrons. The van der Waals surface area contributed by atoms with E-state index < -0.39 is 0 Å². The number of hydrogen-bond donors (Lipinski definition) is 0. The standard InChI is InChI=1S/C33H36/c1-22-12-7-8-15-28(20-22)26(5)31-18-11-19-32(27(6)29-16-9-13-23(2)21-29)33(31)30-17-10-14-24(3)25(30)4/h7,9-10,12-17,20-21,31-33H,5-6,11,18-19H2,1-4H3. The van der Waals surface area contributed by atoms with Gasteiger partial charge in [-0.3, -0.25) is 0 Å². The molecule has 3 unspecified atom stereocenters. The fourth-order valence-electron chi connectivity index (χ4n) is 5.66. The lowest BCUT2D eigenvalue weighted by Crippen LogP contribution is -2.29. The summed E-state index contributed by atoms with van der Waals surface area (Å²) in [5, 5.41) is 0. The smallest absolute Gasteiger partial charge is 0.00215 e. The molecule has 0 N–H and O–H groups in total. The largest absolute Gasteiger partial charge is 0.120 e. The van der Waals surface area contributed by atoms with Gasteiger partial charge in [0.05, 0.1) is 0 Å². The summed E-state index contributed by atoms with van der Waals surface area (Å²) in [7, 11) is 0. The molecule has 0 saturated heterocycles. The van der Waals surface area contributed by atoms with Crippen LogP contribution in [0.2, 0.25) is 0 Å². The molecular weight excluding hydrogens is 396 g/mol. The fourth-order valence-corrected chi connectivity index (χ4v) is 5.66. The number of rotatable bonds is 5. The lowest BCUT2D eigenvalue weighted by Gasteiger charge is -2.42. The summed E-state index contributed by atoms with van der Waals surface area (Å²) in [6.07, 6.45) is 12.0. The van der Waals surface area contributed by atoms with Crippen molar-refractivity contribution in [3.8, 4) is 0 Å². The Kier molecular flexibility index (Phi) is 6.87. The van der Waals surface area contributed by atoms with Crippen molar-refractivity contribution in [2.45, 2.75) is 52.9 Å². The van der Waals surface area contributed by atoms with Crippen LogP contribution < -0.4 is 0 Å². The molecule has 0 amide bonds. The highest BCUT2D eigenvalue weighted by Crippen LogP contribution is 2.51. The van der Waals surface area contributed by atoms with Gasteiger partial charge in [-0.15, -0.1) is 5.73 Å². The Morgan fingerprint density at radius 1 is 0.909 bits per heavy atom. The first kappa shape index (κ1) is 23.1. The molecule has 0 heteroatoms. The molecule has 1 saturated carbocycles. The highest BCUT2D eigenvalue weighted by molar-refractivity contribution is 5.68. The van der Waals surface area contributed by atoms with E-state index in [2.05, 4.69) is 107 Å². The van der Waals surface area contributed by atoms with Crippen LogP contribution in [0, 0.1) is 32.6 Å². The van der Waals surface area contributed by atoms with Crippen molar-refractivity contribution in [2.75, 3.05) is 0 Å². The van der Waals surface area contributed by atoms with Crippen LogP contribution in [-0.4, -0.2) is 0 Å². The average molecular weight is 433 g/mol.